The number of hydrogen-bond donors (Lipinski definition) is 1. The lowest BCUT2D eigenvalue weighted by atomic mass is 10.3. The molecule has 2 rings (SSSR count). The first-order chi connectivity index (χ1) is 7.24. The van der Waals surface area contributed by atoms with Crippen molar-refractivity contribution in [2.75, 3.05) is 11.9 Å². The molecule has 0 saturated heterocycles. The van der Waals surface area contributed by atoms with E-state index < -0.39 is 0 Å². The fraction of sp³-hybridized carbons (Fsp3) is 0.333. The molecule has 80 valence electrons. The normalized spacial score (nSPS) is 10.5. The van der Waals surface area contributed by atoms with Crippen molar-refractivity contribution in [1.82, 2.24) is 10.1 Å². The third kappa shape index (κ3) is 3.04. The van der Waals surface area contributed by atoms with Gasteiger partial charge in [-0.3, -0.25) is 0 Å². The topological polar surface area (TPSA) is 51.0 Å². The first kappa shape index (κ1) is 10.6. The van der Waals surface area contributed by atoms with Crippen molar-refractivity contribution in [1.29, 1.82) is 0 Å². The summed E-state index contributed by atoms with van der Waals surface area (Å²) in [5.41, 5.74) is 0. The lowest BCUT2D eigenvalue weighted by molar-refractivity contribution is 0.425. The van der Waals surface area contributed by atoms with Gasteiger partial charge in [-0.05, 0) is 41.4 Å². The zero-order valence-corrected chi connectivity index (χ0v) is 10.6. The molecule has 0 amide bonds. The molecule has 4 nitrogen and oxygen atoms in total. The first-order valence-electron chi connectivity index (χ1n) is 4.52. The Bertz CT molecular complexity index is 400. The summed E-state index contributed by atoms with van der Waals surface area (Å²) in [4.78, 5) is 5.38. The fourth-order valence-electron chi connectivity index (χ4n) is 1.15. The summed E-state index contributed by atoms with van der Waals surface area (Å²) in [7, 11) is 0. The van der Waals surface area contributed by atoms with Crippen molar-refractivity contribution < 1.29 is 4.52 Å². The maximum absolute atomic E-state index is 4.93. The van der Waals surface area contributed by atoms with E-state index in [0.717, 1.165) is 16.8 Å². The number of nitrogens with one attached hydrogen (secondary N) is 1. The summed E-state index contributed by atoms with van der Waals surface area (Å²) in [6, 6.07) is 4.65. The Morgan fingerprint density at radius 1 is 1.53 bits per heavy atom. The van der Waals surface area contributed by atoms with E-state index >= 15 is 0 Å². The standard InChI is InChI=1S/C9H10BrN3OS/c1-6-12-9(14-13-6)11-5-4-7-2-3-8(10)15-7/h2-3H,4-5H2,1H3,(H,11,12,13). The van der Waals surface area contributed by atoms with E-state index in [9.17, 15) is 0 Å². The Kier molecular flexibility index (Phi) is 3.37. The first-order valence-corrected chi connectivity index (χ1v) is 6.13. The molecule has 0 fully saturated rings. The largest absolute Gasteiger partial charge is 0.337 e. The Balaban J connectivity index is 1.80. The van der Waals surface area contributed by atoms with Gasteiger partial charge in [-0.15, -0.1) is 11.3 Å². The molecule has 0 atom stereocenters. The van der Waals surface area contributed by atoms with Crippen LogP contribution < -0.4 is 5.32 Å². The number of halogens is 1. The summed E-state index contributed by atoms with van der Waals surface area (Å²) < 4.78 is 6.09. The Morgan fingerprint density at radius 3 is 3.00 bits per heavy atom. The van der Waals surface area contributed by atoms with E-state index in [-0.39, 0.29) is 0 Å². The zero-order chi connectivity index (χ0) is 10.7. The number of aromatic nitrogens is 2. The van der Waals surface area contributed by atoms with Gasteiger partial charge in [-0.25, -0.2) is 0 Å². The molecule has 0 unspecified atom stereocenters. The van der Waals surface area contributed by atoms with Crippen LogP contribution in [0.4, 0.5) is 6.01 Å². The van der Waals surface area contributed by atoms with Crippen molar-refractivity contribution in [2.45, 2.75) is 13.3 Å². The summed E-state index contributed by atoms with van der Waals surface area (Å²) in [6.45, 7) is 2.60. The van der Waals surface area contributed by atoms with E-state index in [0.29, 0.717) is 11.8 Å². The summed E-state index contributed by atoms with van der Waals surface area (Å²) >= 11 is 5.17. The zero-order valence-electron chi connectivity index (χ0n) is 8.16. The van der Waals surface area contributed by atoms with Gasteiger partial charge in [0.2, 0.25) is 0 Å². The van der Waals surface area contributed by atoms with Crippen LogP contribution in [-0.4, -0.2) is 16.7 Å². The molecule has 2 aromatic rings. The number of hydrogen-bond acceptors (Lipinski definition) is 5. The summed E-state index contributed by atoms with van der Waals surface area (Å²) in [5.74, 6) is 0.649. The Morgan fingerprint density at radius 2 is 2.40 bits per heavy atom. The molecule has 0 saturated carbocycles. The van der Waals surface area contributed by atoms with Gasteiger partial charge < -0.3 is 9.84 Å². The van der Waals surface area contributed by atoms with Crippen LogP contribution in [0.15, 0.2) is 20.4 Å². The van der Waals surface area contributed by atoms with E-state index in [1.165, 1.54) is 4.88 Å². The predicted octanol–water partition coefficient (Wildman–Crippen LogP) is 2.86. The molecule has 6 heteroatoms. The van der Waals surface area contributed by atoms with Crippen molar-refractivity contribution in [3.63, 3.8) is 0 Å². The lowest BCUT2D eigenvalue weighted by Crippen LogP contribution is -2.03. The molecule has 0 aliphatic carbocycles. The number of rotatable bonds is 4. The van der Waals surface area contributed by atoms with E-state index in [1.54, 1.807) is 18.3 Å². The van der Waals surface area contributed by atoms with Gasteiger partial charge in [0.1, 0.15) is 0 Å². The molecule has 0 aromatic carbocycles. The minimum atomic E-state index is 0.489. The summed E-state index contributed by atoms with van der Waals surface area (Å²) in [5, 5.41) is 6.77. The van der Waals surface area contributed by atoms with E-state index in [1.807, 2.05) is 0 Å². The van der Waals surface area contributed by atoms with Gasteiger partial charge >= 0.3 is 6.01 Å². The second-order valence-electron chi connectivity index (χ2n) is 3.03. The van der Waals surface area contributed by atoms with Gasteiger partial charge in [-0.1, -0.05) is 5.16 Å². The molecule has 0 aliphatic rings. The van der Waals surface area contributed by atoms with Crippen LogP contribution in [-0.2, 0) is 6.42 Å². The monoisotopic (exact) mass is 287 g/mol. The molecule has 0 bridgehead atoms. The SMILES string of the molecule is Cc1noc(NCCc2ccc(Br)s2)n1. The number of thiophene rings is 1. The van der Waals surface area contributed by atoms with Gasteiger partial charge in [0.05, 0.1) is 3.79 Å². The van der Waals surface area contributed by atoms with Gasteiger partial charge in [-0.2, -0.15) is 4.98 Å². The third-order valence-electron chi connectivity index (χ3n) is 1.80. The second-order valence-corrected chi connectivity index (χ2v) is 5.58. The fourth-order valence-corrected chi connectivity index (χ4v) is 2.63. The van der Waals surface area contributed by atoms with Crippen molar-refractivity contribution >= 4 is 33.3 Å². The van der Waals surface area contributed by atoms with Crippen molar-refractivity contribution in [2.24, 2.45) is 0 Å². The average Bonchev–Trinajstić information content (AvgIpc) is 2.76. The quantitative estimate of drug-likeness (QED) is 0.940. The third-order valence-corrected chi connectivity index (χ3v) is 3.49. The van der Waals surface area contributed by atoms with Gasteiger partial charge in [0.15, 0.2) is 5.82 Å². The maximum atomic E-state index is 4.93. The maximum Gasteiger partial charge on any atom is 0.321 e. The van der Waals surface area contributed by atoms with E-state index in [2.05, 4.69) is 43.5 Å². The van der Waals surface area contributed by atoms with Crippen LogP contribution in [0.3, 0.4) is 0 Å². The molecule has 2 heterocycles. The number of aryl methyl sites for hydroxylation is 1. The minimum absolute atomic E-state index is 0.489. The smallest absolute Gasteiger partial charge is 0.321 e. The molecule has 15 heavy (non-hydrogen) atoms. The number of anilines is 1. The van der Waals surface area contributed by atoms with Crippen LogP contribution in [0, 0.1) is 6.92 Å². The van der Waals surface area contributed by atoms with Crippen LogP contribution in [0.5, 0.6) is 0 Å². The molecule has 0 radical (unpaired) electrons. The van der Waals surface area contributed by atoms with E-state index in [4.69, 9.17) is 4.52 Å². The average molecular weight is 288 g/mol. The highest BCUT2D eigenvalue weighted by molar-refractivity contribution is 9.11. The lowest BCUT2D eigenvalue weighted by Gasteiger charge is -1.97. The van der Waals surface area contributed by atoms with Crippen LogP contribution in [0.25, 0.3) is 0 Å². The number of nitrogens with zero attached hydrogens (tertiary/aromatic N) is 2. The molecular formula is C9H10BrN3OS. The highest BCUT2D eigenvalue weighted by Gasteiger charge is 2.01. The van der Waals surface area contributed by atoms with Crippen LogP contribution >= 0.6 is 27.3 Å². The van der Waals surface area contributed by atoms with Crippen LogP contribution in [0.2, 0.25) is 0 Å². The van der Waals surface area contributed by atoms with Crippen LogP contribution in [0.1, 0.15) is 10.7 Å². The summed E-state index contributed by atoms with van der Waals surface area (Å²) in [6.07, 6.45) is 0.956. The Hall–Kier alpha value is -0.880. The second kappa shape index (κ2) is 4.76. The van der Waals surface area contributed by atoms with Crippen molar-refractivity contribution in [3.05, 3.63) is 26.6 Å². The van der Waals surface area contributed by atoms with Gasteiger partial charge in [0.25, 0.3) is 0 Å². The van der Waals surface area contributed by atoms with Crippen molar-refractivity contribution in [3.8, 4) is 0 Å². The predicted molar refractivity (Wildman–Crippen MR) is 63.2 cm³/mol. The highest BCUT2D eigenvalue weighted by atomic mass is 79.9. The highest BCUT2D eigenvalue weighted by Crippen LogP contribution is 2.22. The molecular weight excluding hydrogens is 278 g/mol. The molecule has 1 N–H and O–H groups in total. The molecule has 0 spiro atoms. The molecule has 0 aliphatic heterocycles. The minimum Gasteiger partial charge on any atom is -0.337 e. The molecule has 2 aromatic heterocycles. The Labute approximate surface area is 99.8 Å². The van der Waals surface area contributed by atoms with Gasteiger partial charge in [0, 0.05) is 11.4 Å².